The number of likely N-dealkylation sites (tertiary alicyclic amines) is 1. The lowest BCUT2D eigenvalue weighted by molar-refractivity contribution is 0.0164. The summed E-state index contributed by atoms with van der Waals surface area (Å²) in [5, 5.41) is 3.93. The van der Waals surface area contributed by atoms with Crippen molar-refractivity contribution in [1.82, 2.24) is 24.6 Å². The van der Waals surface area contributed by atoms with E-state index in [1.165, 1.54) is 35.3 Å². The van der Waals surface area contributed by atoms with Crippen LogP contribution >= 0.6 is 11.3 Å². The highest BCUT2D eigenvalue weighted by Gasteiger charge is 2.34. The van der Waals surface area contributed by atoms with Gasteiger partial charge in [-0.05, 0) is 44.0 Å². The molecule has 11 nitrogen and oxygen atoms in total. The van der Waals surface area contributed by atoms with Gasteiger partial charge in [-0.2, -0.15) is 10.1 Å². The molecule has 1 saturated heterocycles. The van der Waals surface area contributed by atoms with Crippen LogP contribution in [0.3, 0.4) is 0 Å². The lowest BCUT2D eigenvalue weighted by Crippen LogP contribution is -2.56. The highest BCUT2D eigenvalue weighted by atomic mass is 32.2. The van der Waals surface area contributed by atoms with Crippen molar-refractivity contribution in [2.45, 2.75) is 31.8 Å². The summed E-state index contributed by atoms with van der Waals surface area (Å²) in [5.41, 5.74) is 3.27. The zero-order chi connectivity index (χ0) is 27.9. The van der Waals surface area contributed by atoms with Crippen molar-refractivity contribution in [3.05, 3.63) is 69.7 Å². The van der Waals surface area contributed by atoms with Crippen LogP contribution < -0.4 is 9.46 Å². The van der Waals surface area contributed by atoms with Crippen LogP contribution in [0.4, 0.5) is 5.95 Å². The SMILES string of the molecule is CC(=O)c1ccc(C(=O)N2CC(Oc3cc(-c4c(C)cccc4C)nc(NS(=O)(=O)c4cnn(C)c4)n3)C2)s1. The van der Waals surface area contributed by atoms with Gasteiger partial charge < -0.3 is 9.64 Å². The predicted octanol–water partition coefficient (Wildman–Crippen LogP) is 3.46. The Hall–Kier alpha value is -4.10. The first kappa shape index (κ1) is 26.5. The molecule has 5 rings (SSSR count). The summed E-state index contributed by atoms with van der Waals surface area (Å²) in [7, 11) is -2.37. The second kappa shape index (κ2) is 10.2. The summed E-state index contributed by atoms with van der Waals surface area (Å²) in [6.45, 7) is 6.01. The van der Waals surface area contributed by atoms with Crippen LogP contribution in [0.2, 0.25) is 0 Å². The van der Waals surface area contributed by atoms with Gasteiger partial charge in [0.05, 0.1) is 34.7 Å². The molecule has 0 bridgehead atoms. The van der Waals surface area contributed by atoms with E-state index in [2.05, 4.69) is 19.8 Å². The normalized spacial score (nSPS) is 13.7. The molecule has 1 fully saturated rings. The van der Waals surface area contributed by atoms with E-state index in [0.29, 0.717) is 28.5 Å². The van der Waals surface area contributed by atoms with E-state index in [9.17, 15) is 18.0 Å². The van der Waals surface area contributed by atoms with Crippen molar-refractivity contribution in [1.29, 1.82) is 0 Å². The number of carbonyl (C=O) groups is 2. The molecular formula is C26H26N6O5S2. The molecule has 202 valence electrons. The third-order valence-electron chi connectivity index (χ3n) is 6.24. The highest BCUT2D eigenvalue weighted by molar-refractivity contribution is 7.92. The largest absolute Gasteiger partial charge is 0.470 e. The smallest absolute Gasteiger partial charge is 0.267 e. The van der Waals surface area contributed by atoms with E-state index in [1.807, 2.05) is 32.0 Å². The number of amides is 1. The molecule has 0 aliphatic carbocycles. The van der Waals surface area contributed by atoms with E-state index < -0.39 is 10.0 Å². The predicted molar refractivity (Wildman–Crippen MR) is 146 cm³/mol. The molecule has 0 saturated carbocycles. The van der Waals surface area contributed by atoms with Crippen LogP contribution in [0.1, 0.15) is 37.4 Å². The zero-order valence-corrected chi connectivity index (χ0v) is 23.3. The van der Waals surface area contributed by atoms with Gasteiger partial charge in [0.2, 0.25) is 11.8 Å². The molecule has 39 heavy (non-hydrogen) atoms. The number of anilines is 1. The molecule has 0 radical (unpaired) electrons. The van der Waals surface area contributed by atoms with Crippen LogP contribution in [-0.2, 0) is 17.1 Å². The number of ether oxygens (including phenoxy) is 1. The fourth-order valence-corrected chi connectivity index (χ4v) is 6.04. The van der Waals surface area contributed by atoms with E-state index >= 15 is 0 Å². The number of nitrogens with one attached hydrogen (secondary N) is 1. The molecule has 4 aromatic rings. The van der Waals surface area contributed by atoms with E-state index in [1.54, 1.807) is 30.1 Å². The summed E-state index contributed by atoms with van der Waals surface area (Å²) < 4.78 is 35.8. The molecule has 0 spiro atoms. The van der Waals surface area contributed by atoms with Crippen LogP contribution in [0.15, 0.2) is 53.7 Å². The van der Waals surface area contributed by atoms with Gasteiger partial charge in [-0.3, -0.25) is 14.3 Å². The Balaban J connectivity index is 1.39. The average Bonchev–Trinajstić information content (AvgIpc) is 3.50. The topological polar surface area (TPSA) is 136 Å². The maximum atomic E-state index is 12.9. The summed E-state index contributed by atoms with van der Waals surface area (Å²) in [5.74, 6) is -0.214. The molecular weight excluding hydrogens is 540 g/mol. The molecule has 1 N–H and O–H groups in total. The first-order chi connectivity index (χ1) is 18.5. The van der Waals surface area contributed by atoms with Crippen LogP contribution in [0.25, 0.3) is 11.3 Å². The Labute approximate surface area is 229 Å². The lowest BCUT2D eigenvalue weighted by Gasteiger charge is -2.38. The Morgan fingerprint density at radius 1 is 1.08 bits per heavy atom. The number of benzene rings is 1. The van der Waals surface area contributed by atoms with Crippen molar-refractivity contribution >= 4 is 39.0 Å². The molecule has 1 amide bonds. The minimum absolute atomic E-state index is 0.0248. The number of carbonyl (C=O) groups excluding carboxylic acids is 2. The number of nitrogens with zero attached hydrogens (tertiary/aromatic N) is 5. The molecule has 1 aliphatic heterocycles. The van der Waals surface area contributed by atoms with Crippen LogP contribution in [0.5, 0.6) is 5.88 Å². The number of aryl methyl sites for hydroxylation is 3. The van der Waals surface area contributed by atoms with E-state index in [0.717, 1.165) is 16.7 Å². The Morgan fingerprint density at radius 2 is 1.77 bits per heavy atom. The Morgan fingerprint density at radius 3 is 2.38 bits per heavy atom. The Bertz CT molecular complexity index is 1670. The number of hydrogen-bond acceptors (Lipinski definition) is 9. The second-order valence-electron chi connectivity index (χ2n) is 9.31. The highest BCUT2D eigenvalue weighted by Crippen LogP contribution is 2.30. The van der Waals surface area contributed by atoms with Crippen LogP contribution in [0, 0.1) is 13.8 Å². The summed E-state index contributed by atoms with van der Waals surface area (Å²) in [6, 6.07) is 10.8. The quantitative estimate of drug-likeness (QED) is 0.320. The van der Waals surface area contributed by atoms with Crippen molar-refractivity contribution in [2.24, 2.45) is 7.05 Å². The van der Waals surface area contributed by atoms with Crippen molar-refractivity contribution in [2.75, 3.05) is 17.8 Å². The van der Waals surface area contributed by atoms with E-state index in [4.69, 9.17) is 4.74 Å². The van der Waals surface area contributed by atoms with Gasteiger partial charge >= 0.3 is 0 Å². The minimum atomic E-state index is -3.99. The molecule has 0 unspecified atom stereocenters. The maximum absolute atomic E-state index is 12.9. The van der Waals surface area contributed by atoms with E-state index in [-0.39, 0.29) is 34.5 Å². The number of hydrogen-bond donors (Lipinski definition) is 1. The summed E-state index contributed by atoms with van der Waals surface area (Å²) in [4.78, 5) is 35.8. The third-order valence-corrected chi connectivity index (χ3v) is 8.70. The monoisotopic (exact) mass is 566 g/mol. The summed E-state index contributed by atoms with van der Waals surface area (Å²) >= 11 is 1.17. The first-order valence-electron chi connectivity index (χ1n) is 12.0. The molecule has 1 aromatic carbocycles. The number of thiophene rings is 1. The number of Topliss-reactive ketones (excluding diaryl/α,β-unsaturated/α-hetero) is 1. The van der Waals surface area contributed by atoms with Gasteiger partial charge in [-0.15, -0.1) is 11.3 Å². The van der Waals surface area contributed by atoms with Gasteiger partial charge in [0, 0.05) is 24.9 Å². The lowest BCUT2D eigenvalue weighted by atomic mass is 10.00. The van der Waals surface area contributed by atoms with Gasteiger partial charge in [0.25, 0.3) is 15.9 Å². The number of ketones is 1. The average molecular weight is 567 g/mol. The third kappa shape index (κ3) is 5.54. The number of sulfonamides is 1. The first-order valence-corrected chi connectivity index (χ1v) is 14.3. The molecule has 0 atom stereocenters. The molecule has 3 aromatic heterocycles. The summed E-state index contributed by atoms with van der Waals surface area (Å²) in [6.07, 6.45) is 2.27. The zero-order valence-electron chi connectivity index (χ0n) is 21.7. The number of rotatable bonds is 8. The maximum Gasteiger partial charge on any atom is 0.267 e. The minimum Gasteiger partial charge on any atom is -0.470 e. The molecule has 13 heteroatoms. The Kier molecular flexibility index (Phi) is 6.95. The van der Waals surface area contributed by atoms with Gasteiger partial charge in [0.15, 0.2) is 5.78 Å². The molecule has 4 heterocycles. The second-order valence-corrected chi connectivity index (χ2v) is 12.1. The van der Waals surface area contributed by atoms with Crippen molar-refractivity contribution < 1.29 is 22.7 Å². The van der Waals surface area contributed by atoms with Gasteiger partial charge in [-0.1, -0.05) is 18.2 Å². The van der Waals surface area contributed by atoms with Crippen LogP contribution in [-0.4, -0.2) is 64.0 Å². The molecule has 1 aliphatic rings. The fourth-order valence-electron chi connectivity index (χ4n) is 4.24. The van der Waals surface area contributed by atoms with Crippen molar-refractivity contribution in [3.63, 3.8) is 0 Å². The van der Waals surface area contributed by atoms with Crippen molar-refractivity contribution in [3.8, 4) is 17.1 Å². The fraction of sp³-hybridized carbons (Fsp3) is 0.269. The standard InChI is InChI=1S/C26H26N6O5S2/c1-15-6-5-7-16(2)24(15)20-10-23(29-26(28-20)30-39(35,36)19-11-27-31(4)14-19)37-18-12-32(13-18)25(34)22-9-8-21(38-22)17(3)33/h5-11,14,18H,12-13H2,1-4H3,(H,28,29,30). The van der Waals surface area contributed by atoms with Gasteiger partial charge in [0.1, 0.15) is 11.0 Å². The number of aromatic nitrogens is 4. The van der Waals surface area contributed by atoms with Gasteiger partial charge in [-0.25, -0.2) is 18.1 Å².